The smallest absolute Gasteiger partial charge is 0.258 e. The second-order valence-corrected chi connectivity index (χ2v) is 5.03. The van der Waals surface area contributed by atoms with Crippen LogP contribution in [0, 0.1) is 5.82 Å². The van der Waals surface area contributed by atoms with E-state index in [9.17, 15) is 14.3 Å². The van der Waals surface area contributed by atoms with E-state index in [1.165, 1.54) is 24.3 Å². The highest BCUT2D eigenvalue weighted by Gasteiger charge is 2.14. The molecule has 22 heavy (non-hydrogen) atoms. The van der Waals surface area contributed by atoms with Crippen LogP contribution >= 0.6 is 11.6 Å². The molecule has 1 unspecified atom stereocenters. The van der Waals surface area contributed by atoms with Gasteiger partial charge in [-0.15, -0.1) is 0 Å². The summed E-state index contributed by atoms with van der Waals surface area (Å²) in [5.74, 6) is -0.373. The lowest BCUT2D eigenvalue weighted by Crippen LogP contribution is -2.34. The van der Waals surface area contributed by atoms with Gasteiger partial charge in [0.15, 0.2) is 6.61 Å². The molecular formula is C16H15ClFNO3. The fraction of sp³-hybridized carbons (Fsp3) is 0.188. The molecule has 6 heteroatoms. The van der Waals surface area contributed by atoms with Crippen molar-refractivity contribution < 1.29 is 19.0 Å². The fourth-order valence-electron chi connectivity index (χ4n) is 1.85. The van der Waals surface area contributed by atoms with Gasteiger partial charge in [0.2, 0.25) is 0 Å². The van der Waals surface area contributed by atoms with Gasteiger partial charge >= 0.3 is 0 Å². The molecule has 0 aliphatic heterocycles. The molecule has 0 heterocycles. The lowest BCUT2D eigenvalue weighted by Gasteiger charge is -2.17. The topological polar surface area (TPSA) is 58.6 Å². The van der Waals surface area contributed by atoms with Crippen LogP contribution in [0.25, 0.3) is 0 Å². The van der Waals surface area contributed by atoms with Gasteiger partial charge in [-0.25, -0.2) is 4.39 Å². The first-order chi connectivity index (χ1) is 10.6. The molecule has 0 aliphatic carbocycles. The minimum atomic E-state index is -0.540. The van der Waals surface area contributed by atoms with Crippen molar-refractivity contribution in [1.29, 1.82) is 0 Å². The van der Waals surface area contributed by atoms with Crippen LogP contribution in [0.2, 0.25) is 5.02 Å². The van der Waals surface area contributed by atoms with Gasteiger partial charge in [-0.05, 0) is 42.0 Å². The molecule has 1 atom stereocenters. The number of aliphatic hydroxyl groups excluding tert-OH is 1. The Morgan fingerprint density at radius 3 is 2.41 bits per heavy atom. The normalized spacial score (nSPS) is 11.8. The van der Waals surface area contributed by atoms with Crippen molar-refractivity contribution in [3.8, 4) is 5.75 Å². The van der Waals surface area contributed by atoms with Crippen molar-refractivity contribution in [3.05, 3.63) is 64.9 Å². The van der Waals surface area contributed by atoms with Crippen LogP contribution < -0.4 is 10.1 Å². The predicted molar refractivity (Wildman–Crippen MR) is 81.3 cm³/mol. The lowest BCUT2D eigenvalue weighted by molar-refractivity contribution is -0.124. The van der Waals surface area contributed by atoms with Gasteiger partial charge in [0.05, 0.1) is 12.6 Å². The van der Waals surface area contributed by atoms with E-state index in [0.717, 1.165) is 5.56 Å². The van der Waals surface area contributed by atoms with E-state index in [0.29, 0.717) is 10.8 Å². The third kappa shape index (κ3) is 4.72. The minimum absolute atomic E-state index is 0.226. The Balaban J connectivity index is 1.89. The Hall–Kier alpha value is -2.11. The summed E-state index contributed by atoms with van der Waals surface area (Å²) >= 11 is 5.80. The number of ether oxygens (including phenoxy) is 1. The van der Waals surface area contributed by atoms with Crippen molar-refractivity contribution in [2.45, 2.75) is 6.04 Å². The summed E-state index contributed by atoms with van der Waals surface area (Å²) < 4.78 is 18.0. The van der Waals surface area contributed by atoms with E-state index in [1.54, 1.807) is 24.3 Å². The Kier molecular flexibility index (Phi) is 5.75. The van der Waals surface area contributed by atoms with Gasteiger partial charge in [0, 0.05) is 5.02 Å². The van der Waals surface area contributed by atoms with Gasteiger partial charge in [0.25, 0.3) is 5.91 Å². The number of halogens is 2. The zero-order valence-corrected chi connectivity index (χ0v) is 12.4. The molecule has 116 valence electrons. The summed E-state index contributed by atoms with van der Waals surface area (Å²) in [6.45, 7) is -0.473. The van der Waals surface area contributed by atoms with Crippen LogP contribution in [0.4, 0.5) is 4.39 Å². The molecule has 2 N–H and O–H groups in total. The molecule has 0 saturated heterocycles. The first-order valence-corrected chi connectivity index (χ1v) is 7.00. The third-order valence-corrected chi connectivity index (χ3v) is 3.23. The van der Waals surface area contributed by atoms with Crippen molar-refractivity contribution in [3.63, 3.8) is 0 Å². The van der Waals surface area contributed by atoms with Crippen LogP contribution in [-0.2, 0) is 4.79 Å². The summed E-state index contributed by atoms with van der Waals surface area (Å²) in [6, 6.07) is 11.6. The second-order valence-electron chi connectivity index (χ2n) is 4.60. The maximum Gasteiger partial charge on any atom is 0.258 e. The average molecular weight is 324 g/mol. The second kappa shape index (κ2) is 7.77. The van der Waals surface area contributed by atoms with Gasteiger partial charge in [-0.3, -0.25) is 4.79 Å². The summed E-state index contributed by atoms with van der Waals surface area (Å²) in [4.78, 5) is 11.8. The zero-order valence-electron chi connectivity index (χ0n) is 11.6. The number of carbonyl (C=O) groups is 1. The van der Waals surface area contributed by atoms with Crippen molar-refractivity contribution in [1.82, 2.24) is 5.32 Å². The van der Waals surface area contributed by atoms with Crippen LogP contribution in [0.1, 0.15) is 11.6 Å². The van der Waals surface area contributed by atoms with Gasteiger partial charge in [-0.1, -0.05) is 23.7 Å². The van der Waals surface area contributed by atoms with Crippen molar-refractivity contribution in [2.24, 2.45) is 0 Å². The van der Waals surface area contributed by atoms with Crippen LogP contribution in [0.3, 0.4) is 0 Å². The van der Waals surface area contributed by atoms with E-state index in [4.69, 9.17) is 16.3 Å². The first-order valence-electron chi connectivity index (χ1n) is 6.62. The quantitative estimate of drug-likeness (QED) is 0.859. The van der Waals surface area contributed by atoms with Gasteiger partial charge < -0.3 is 15.2 Å². The maximum atomic E-state index is 12.7. The highest BCUT2D eigenvalue weighted by Crippen LogP contribution is 2.16. The number of amides is 1. The van der Waals surface area contributed by atoms with Crippen molar-refractivity contribution in [2.75, 3.05) is 13.2 Å². The number of nitrogens with one attached hydrogen (secondary N) is 1. The van der Waals surface area contributed by atoms with E-state index in [1.807, 2.05) is 0 Å². The molecule has 4 nitrogen and oxygen atoms in total. The lowest BCUT2D eigenvalue weighted by atomic mass is 10.1. The number of aliphatic hydroxyl groups is 1. The Bertz CT molecular complexity index is 616. The van der Waals surface area contributed by atoms with Crippen LogP contribution in [0.5, 0.6) is 5.75 Å². The Morgan fingerprint density at radius 2 is 1.82 bits per heavy atom. The number of carbonyl (C=O) groups excluding carboxylic acids is 1. The number of hydrogen-bond acceptors (Lipinski definition) is 3. The van der Waals surface area contributed by atoms with E-state index >= 15 is 0 Å². The molecule has 0 bridgehead atoms. The summed E-state index contributed by atoms with van der Waals surface area (Å²) in [7, 11) is 0. The summed E-state index contributed by atoms with van der Waals surface area (Å²) in [6.07, 6.45) is 0. The molecule has 0 fully saturated rings. The maximum absolute atomic E-state index is 12.7. The molecule has 0 saturated carbocycles. The molecule has 0 aromatic heterocycles. The molecule has 2 aromatic carbocycles. The molecule has 2 rings (SSSR count). The first kappa shape index (κ1) is 16.3. The Morgan fingerprint density at radius 1 is 1.18 bits per heavy atom. The molecule has 0 radical (unpaired) electrons. The Labute approximate surface area is 132 Å². The fourth-order valence-corrected chi connectivity index (χ4v) is 1.97. The third-order valence-electron chi connectivity index (χ3n) is 2.97. The van der Waals surface area contributed by atoms with Gasteiger partial charge in [-0.2, -0.15) is 0 Å². The highest BCUT2D eigenvalue weighted by molar-refractivity contribution is 6.30. The number of benzene rings is 2. The SMILES string of the molecule is O=C(COc1ccc(F)cc1)NC(CO)c1ccc(Cl)cc1. The predicted octanol–water partition coefficient (Wildman–Crippen LogP) is 2.71. The molecule has 0 spiro atoms. The van der Waals surface area contributed by atoms with E-state index in [-0.39, 0.29) is 19.0 Å². The largest absolute Gasteiger partial charge is 0.484 e. The highest BCUT2D eigenvalue weighted by atomic mass is 35.5. The van der Waals surface area contributed by atoms with Crippen molar-refractivity contribution >= 4 is 17.5 Å². The number of rotatable bonds is 6. The molecule has 0 aliphatic rings. The van der Waals surface area contributed by atoms with Gasteiger partial charge in [0.1, 0.15) is 11.6 Å². The monoisotopic (exact) mass is 323 g/mol. The molecule has 2 aromatic rings. The zero-order chi connectivity index (χ0) is 15.9. The van der Waals surface area contributed by atoms with E-state index < -0.39 is 11.9 Å². The summed E-state index contributed by atoms with van der Waals surface area (Å²) in [5, 5.41) is 12.6. The van der Waals surface area contributed by atoms with Crippen LogP contribution in [0.15, 0.2) is 48.5 Å². The average Bonchev–Trinajstić information content (AvgIpc) is 2.53. The molecular weight excluding hydrogens is 309 g/mol. The standard InChI is InChI=1S/C16H15ClFNO3/c17-12-3-1-11(2-4-12)15(9-20)19-16(21)10-22-14-7-5-13(18)6-8-14/h1-8,15,20H,9-10H2,(H,19,21). The van der Waals surface area contributed by atoms with E-state index in [2.05, 4.69) is 5.32 Å². The number of hydrogen-bond donors (Lipinski definition) is 2. The minimum Gasteiger partial charge on any atom is -0.484 e. The van der Waals surface area contributed by atoms with Crippen LogP contribution in [-0.4, -0.2) is 24.2 Å². The summed E-state index contributed by atoms with van der Waals surface area (Å²) in [5.41, 5.74) is 0.738. The molecule has 1 amide bonds.